The van der Waals surface area contributed by atoms with Gasteiger partial charge < -0.3 is 25.4 Å². The van der Waals surface area contributed by atoms with Gasteiger partial charge in [0, 0.05) is 43.2 Å². The molecule has 11 heteroatoms. The molecule has 1 atom stereocenters. The molecule has 0 amide bonds. The van der Waals surface area contributed by atoms with Gasteiger partial charge >= 0.3 is 0 Å². The third-order valence-corrected chi connectivity index (χ3v) is 5.87. The van der Waals surface area contributed by atoms with Crippen molar-refractivity contribution >= 4 is 28.7 Å². The Morgan fingerprint density at radius 2 is 1.89 bits per heavy atom. The molecule has 1 aromatic carbocycles. The van der Waals surface area contributed by atoms with Crippen LogP contribution in [0, 0.1) is 0 Å². The summed E-state index contributed by atoms with van der Waals surface area (Å²) in [5.74, 6) is 1.67. The minimum absolute atomic E-state index is 0.0473. The molecule has 5 rings (SSSR count). The Kier molecular flexibility index (Phi) is 6.06. The molecule has 1 aliphatic heterocycles. The molecule has 1 saturated heterocycles. The topological polar surface area (TPSA) is 141 Å². The molecule has 0 radical (unpaired) electrons. The van der Waals surface area contributed by atoms with Crippen molar-refractivity contribution in [1.29, 1.82) is 0 Å². The number of aromatic nitrogens is 5. The number of carbonyl (C=O) groups is 1. The lowest BCUT2D eigenvalue weighted by Gasteiger charge is -2.36. The van der Waals surface area contributed by atoms with Gasteiger partial charge in [-0.25, -0.2) is 9.97 Å². The molecule has 4 aromatic rings. The molecule has 0 spiro atoms. The van der Waals surface area contributed by atoms with E-state index in [9.17, 15) is 4.79 Å². The van der Waals surface area contributed by atoms with Crippen LogP contribution < -0.4 is 25.4 Å². The van der Waals surface area contributed by atoms with E-state index in [2.05, 4.69) is 25.3 Å². The molecule has 4 heterocycles. The lowest BCUT2D eigenvalue weighted by Crippen LogP contribution is -2.55. The van der Waals surface area contributed by atoms with Crippen LogP contribution in [0.3, 0.4) is 0 Å². The van der Waals surface area contributed by atoms with Crippen molar-refractivity contribution in [3.8, 4) is 22.8 Å². The van der Waals surface area contributed by atoms with Gasteiger partial charge in [-0.1, -0.05) is 0 Å². The molecule has 1 aliphatic rings. The summed E-state index contributed by atoms with van der Waals surface area (Å²) >= 11 is 0. The number of ether oxygens (including phenoxy) is 2. The number of methoxy groups -OCH3 is 2. The molecule has 1 unspecified atom stereocenters. The monoisotopic (exact) mass is 472 g/mol. The van der Waals surface area contributed by atoms with Crippen LogP contribution >= 0.6 is 0 Å². The van der Waals surface area contributed by atoms with Crippen LogP contribution in [0.1, 0.15) is 10.4 Å². The highest BCUT2D eigenvalue weighted by molar-refractivity contribution is 6.03. The fourth-order valence-corrected chi connectivity index (χ4v) is 4.15. The molecule has 0 saturated carbocycles. The van der Waals surface area contributed by atoms with Gasteiger partial charge in [-0.15, -0.1) is 0 Å². The number of hydrogen-bond acceptors (Lipinski definition) is 11. The number of nitrogens with two attached hydrogens (primary N) is 1. The smallest absolute Gasteiger partial charge is 0.224 e. The summed E-state index contributed by atoms with van der Waals surface area (Å²) in [6.07, 6.45) is 4.83. The first kappa shape index (κ1) is 22.4. The van der Waals surface area contributed by atoms with Crippen molar-refractivity contribution in [3.63, 3.8) is 0 Å². The van der Waals surface area contributed by atoms with Gasteiger partial charge in [0.1, 0.15) is 6.04 Å². The molecule has 3 aromatic heterocycles. The van der Waals surface area contributed by atoms with Crippen molar-refractivity contribution in [1.82, 2.24) is 30.2 Å². The van der Waals surface area contributed by atoms with E-state index < -0.39 is 6.04 Å². The predicted octanol–water partition coefficient (Wildman–Crippen LogP) is 1.74. The SMILES string of the molecule is COc1ccc(-c2cnc3nc(N)nc(N4CCNCC4C(=O)c4ccncc4)c3n2)cc1OC. The van der Waals surface area contributed by atoms with Crippen LogP contribution in [0.4, 0.5) is 11.8 Å². The molecule has 11 nitrogen and oxygen atoms in total. The first-order chi connectivity index (χ1) is 17.1. The molecular formula is C24H24N8O3. The lowest BCUT2D eigenvalue weighted by molar-refractivity contribution is 0.0950. The van der Waals surface area contributed by atoms with Crippen molar-refractivity contribution < 1.29 is 14.3 Å². The number of nitrogens with one attached hydrogen (secondary N) is 1. The Balaban J connectivity index is 1.61. The van der Waals surface area contributed by atoms with E-state index in [1.54, 1.807) is 51.0 Å². The Labute approximate surface area is 201 Å². The second-order valence-corrected chi connectivity index (χ2v) is 7.92. The summed E-state index contributed by atoms with van der Waals surface area (Å²) in [4.78, 5) is 37.4. The van der Waals surface area contributed by atoms with E-state index in [1.807, 2.05) is 17.0 Å². The number of nitrogen functional groups attached to an aromatic ring is 1. The maximum Gasteiger partial charge on any atom is 0.224 e. The molecule has 35 heavy (non-hydrogen) atoms. The zero-order valence-corrected chi connectivity index (χ0v) is 19.3. The number of anilines is 2. The predicted molar refractivity (Wildman–Crippen MR) is 131 cm³/mol. The number of nitrogens with zero attached hydrogens (tertiary/aromatic N) is 6. The van der Waals surface area contributed by atoms with E-state index in [1.165, 1.54) is 0 Å². The van der Waals surface area contributed by atoms with Crippen LogP contribution in [0.25, 0.3) is 22.4 Å². The third kappa shape index (κ3) is 4.28. The van der Waals surface area contributed by atoms with Crippen molar-refractivity contribution in [2.24, 2.45) is 0 Å². The van der Waals surface area contributed by atoms with Crippen LogP contribution in [0.2, 0.25) is 0 Å². The number of benzene rings is 1. The van der Waals surface area contributed by atoms with Gasteiger partial charge in [0.15, 0.2) is 34.3 Å². The second-order valence-electron chi connectivity index (χ2n) is 7.92. The van der Waals surface area contributed by atoms with Gasteiger partial charge in [0.05, 0.1) is 26.1 Å². The highest BCUT2D eigenvalue weighted by atomic mass is 16.5. The van der Waals surface area contributed by atoms with E-state index >= 15 is 0 Å². The third-order valence-electron chi connectivity index (χ3n) is 5.87. The fraction of sp³-hybridized carbons (Fsp3) is 0.250. The fourth-order valence-electron chi connectivity index (χ4n) is 4.15. The first-order valence-corrected chi connectivity index (χ1v) is 11.0. The minimum atomic E-state index is -0.504. The van der Waals surface area contributed by atoms with Gasteiger partial charge in [-0.3, -0.25) is 9.78 Å². The highest BCUT2D eigenvalue weighted by Gasteiger charge is 2.32. The summed E-state index contributed by atoms with van der Waals surface area (Å²) in [6.45, 7) is 1.67. The van der Waals surface area contributed by atoms with Crippen LogP contribution in [0.15, 0.2) is 48.9 Å². The molecule has 0 aliphatic carbocycles. The summed E-state index contributed by atoms with van der Waals surface area (Å²) in [5, 5.41) is 3.29. The summed E-state index contributed by atoms with van der Waals surface area (Å²) in [7, 11) is 3.16. The number of Topliss-reactive ketones (excluding diaryl/α,β-unsaturated/α-hetero) is 1. The Morgan fingerprint density at radius 1 is 1.09 bits per heavy atom. The van der Waals surface area contributed by atoms with Gasteiger partial charge in [-0.05, 0) is 30.3 Å². The van der Waals surface area contributed by atoms with E-state index in [0.717, 1.165) is 5.56 Å². The summed E-state index contributed by atoms with van der Waals surface area (Å²) in [6, 6.07) is 8.41. The summed E-state index contributed by atoms with van der Waals surface area (Å²) in [5.41, 5.74) is 8.79. The molecule has 1 fully saturated rings. The average molecular weight is 473 g/mol. The maximum absolute atomic E-state index is 13.4. The van der Waals surface area contributed by atoms with E-state index in [0.29, 0.717) is 59.4 Å². The molecule has 178 valence electrons. The largest absolute Gasteiger partial charge is 0.493 e. The van der Waals surface area contributed by atoms with Gasteiger partial charge in [0.25, 0.3) is 0 Å². The quantitative estimate of drug-likeness (QED) is 0.396. The number of carbonyl (C=O) groups excluding carboxylic acids is 1. The Hall–Kier alpha value is -4.38. The van der Waals surface area contributed by atoms with E-state index in [-0.39, 0.29) is 11.7 Å². The normalized spacial score (nSPS) is 15.7. The number of hydrogen-bond donors (Lipinski definition) is 2. The molecule has 3 N–H and O–H groups in total. The number of ketones is 1. The highest BCUT2D eigenvalue weighted by Crippen LogP contribution is 2.33. The molecule has 0 bridgehead atoms. The van der Waals surface area contributed by atoms with E-state index in [4.69, 9.17) is 20.2 Å². The first-order valence-electron chi connectivity index (χ1n) is 11.0. The number of rotatable bonds is 6. The van der Waals surface area contributed by atoms with Gasteiger partial charge in [0.2, 0.25) is 5.95 Å². The standard InChI is InChI=1S/C24H24N8O3/c1-34-18-4-3-15(11-19(18)35-2)16-12-28-22-20(29-16)23(31-24(25)30-22)32-10-9-27-13-17(32)21(33)14-5-7-26-8-6-14/h3-8,11-12,17,27H,9-10,13H2,1-2H3,(H2,25,28,30,31). The van der Waals surface area contributed by atoms with Crippen molar-refractivity contribution in [2.75, 3.05) is 44.5 Å². The average Bonchev–Trinajstić information content (AvgIpc) is 2.92. The van der Waals surface area contributed by atoms with Crippen molar-refractivity contribution in [2.45, 2.75) is 6.04 Å². The van der Waals surface area contributed by atoms with Crippen LogP contribution in [-0.2, 0) is 0 Å². The second kappa shape index (κ2) is 9.47. The Morgan fingerprint density at radius 3 is 2.66 bits per heavy atom. The van der Waals surface area contributed by atoms with Gasteiger partial charge in [-0.2, -0.15) is 9.97 Å². The molecular weight excluding hydrogens is 448 g/mol. The summed E-state index contributed by atoms with van der Waals surface area (Å²) < 4.78 is 10.8. The number of pyridine rings is 1. The van der Waals surface area contributed by atoms with Crippen LogP contribution in [-0.4, -0.2) is 70.6 Å². The zero-order valence-electron chi connectivity index (χ0n) is 19.3. The number of piperazine rings is 1. The van der Waals surface area contributed by atoms with Crippen molar-refractivity contribution in [3.05, 3.63) is 54.5 Å². The maximum atomic E-state index is 13.4. The Bertz CT molecular complexity index is 1380. The lowest BCUT2D eigenvalue weighted by atomic mass is 10.0. The van der Waals surface area contributed by atoms with Crippen LogP contribution in [0.5, 0.6) is 11.5 Å². The zero-order chi connectivity index (χ0) is 24.4. The minimum Gasteiger partial charge on any atom is -0.493 e. The number of fused-ring (bicyclic) bond motifs is 1.